The van der Waals surface area contributed by atoms with E-state index in [1.54, 1.807) is 0 Å². The molecule has 2 aliphatic carbocycles. The van der Waals surface area contributed by atoms with Gasteiger partial charge in [0.25, 0.3) is 0 Å². The van der Waals surface area contributed by atoms with Crippen LogP contribution in [0.4, 0.5) is 0 Å². The van der Waals surface area contributed by atoms with Crippen LogP contribution in [0.5, 0.6) is 0 Å². The highest BCUT2D eigenvalue weighted by atomic mass is 15.0. The highest BCUT2D eigenvalue weighted by molar-refractivity contribution is 6.19. The van der Waals surface area contributed by atoms with Crippen molar-refractivity contribution in [3.8, 4) is 129 Å². The van der Waals surface area contributed by atoms with Crippen molar-refractivity contribution in [3.63, 3.8) is 0 Å². The maximum Gasteiger partial charge on any atom is 0.164 e. The monoisotopic (exact) mass is 886 g/mol. The minimum absolute atomic E-state index is 0.553. The van der Waals surface area contributed by atoms with Crippen molar-refractivity contribution in [2.45, 2.75) is 0 Å². The Balaban J connectivity index is 0.875. The van der Waals surface area contributed by atoms with Gasteiger partial charge in [0.15, 0.2) is 17.5 Å². The maximum atomic E-state index is 10.7. The number of hydrogen-bond donors (Lipinski definition) is 0. The third-order valence-electron chi connectivity index (χ3n) is 14.3. The molecule has 322 valence electrons. The van der Waals surface area contributed by atoms with Crippen molar-refractivity contribution in [1.82, 2.24) is 15.0 Å². The average molecular weight is 887 g/mol. The maximum absolute atomic E-state index is 10.7. The van der Waals surface area contributed by atoms with Gasteiger partial charge in [0.1, 0.15) is 0 Å². The van der Waals surface area contributed by atoms with Gasteiger partial charge in [0.05, 0.1) is 11.6 Å². The van der Waals surface area contributed by atoms with Crippen LogP contribution >= 0.6 is 0 Å². The quantitative estimate of drug-likeness (QED) is 0.160. The van der Waals surface area contributed by atoms with Crippen molar-refractivity contribution in [1.29, 1.82) is 5.26 Å². The third-order valence-corrected chi connectivity index (χ3v) is 14.3. The van der Waals surface area contributed by atoms with Crippen molar-refractivity contribution >= 4 is 21.5 Å². The first-order chi connectivity index (χ1) is 34.7. The standard InChI is InChI=1S/C66H38N4/c67-39-45-18-12-25-53(61(45)42-32-30-40(31-33-42)46-19-4-5-20-47(46)51-36-37-58-49-22-7-6-21-48(49)55-28-13-29-56(51)63(55)58)50-23-8-9-24-59(50)66-69-64(43-14-2-1-3-15-43)68-65(70-66)44-34-35-52-54-26-10-16-41-17-11-27-57(62(41)54)60(52)38-44/h1-38H. The summed E-state index contributed by atoms with van der Waals surface area (Å²) in [6, 6.07) is 83.8. The zero-order valence-electron chi connectivity index (χ0n) is 37.7. The first-order valence-electron chi connectivity index (χ1n) is 23.7. The van der Waals surface area contributed by atoms with E-state index in [1.165, 1.54) is 77.2 Å². The second kappa shape index (κ2) is 15.8. The lowest BCUT2D eigenvalue weighted by molar-refractivity contribution is 1.07. The molecule has 2 aliphatic rings. The summed E-state index contributed by atoms with van der Waals surface area (Å²) in [6.45, 7) is 0. The Hall–Kier alpha value is -9.56. The predicted octanol–water partition coefficient (Wildman–Crippen LogP) is 17.0. The van der Waals surface area contributed by atoms with E-state index in [0.717, 1.165) is 50.1 Å². The van der Waals surface area contributed by atoms with Gasteiger partial charge in [-0.15, -0.1) is 0 Å². The molecule has 11 aromatic carbocycles. The fourth-order valence-electron chi connectivity index (χ4n) is 11.2. The molecular formula is C66H38N4. The van der Waals surface area contributed by atoms with Crippen LogP contribution in [0.3, 0.4) is 0 Å². The third kappa shape index (κ3) is 6.12. The van der Waals surface area contributed by atoms with E-state index in [2.05, 4.69) is 182 Å². The van der Waals surface area contributed by atoms with Gasteiger partial charge in [-0.1, -0.05) is 218 Å². The van der Waals surface area contributed by atoms with E-state index >= 15 is 0 Å². The Morgan fingerprint density at radius 2 is 0.729 bits per heavy atom. The van der Waals surface area contributed by atoms with Crippen LogP contribution in [0, 0.1) is 11.3 Å². The molecule has 0 aliphatic heterocycles. The number of benzene rings is 11. The molecule has 0 saturated heterocycles. The fourth-order valence-corrected chi connectivity index (χ4v) is 11.2. The molecule has 70 heavy (non-hydrogen) atoms. The van der Waals surface area contributed by atoms with Gasteiger partial charge in [0, 0.05) is 22.3 Å². The number of nitrogens with zero attached hydrogens (tertiary/aromatic N) is 4. The highest BCUT2D eigenvalue weighted by Crippen LogP contribution is 2.51. The van der Waals surface area contributed by atoms with E-state index in [9.17, 15) is 5.26 Å². The van der Waals surface area contributed by atoms with Gasteiger partial charge < -0.3 is 0 Å². The summed E-state index contributed by atoms with van der Waals surface area (Å²) in [6.07, 6.45) is 0. The van der Waals surface area contributed by atoms with Gasteiger partial charge in [-0.05, 0) is 117 Å². The normalized spacial score (nSPS) is 11.7. The van der Waals surface area contributed by atoms with Crippen LogP contribution in [-0.2, 0) is 0 Å². The summed E-state index contributed by atoms with van der Waals surface area (Å²) in [5.74, 6) is 1.73. The Morgan fingerprint density at radius 1 is 0.271 bits per heavy atom. The van der Waals surface area contributed by atoms with E-state index < -0.39 is 0 Å². The SMILES string of the molecule is N#Cc1cccc(-c2ccccc2-c2nc(-c3ccccc3)nc(-c3ccc4c(c3)-c3cccc5cccc-4c35)n2)c1-c1ccc(-c2ccccc2-c2ccc3c4c(cccc24)-c2ccccc2-3)cc1. The molecule has 4 nitrogen and oxygen atoms in total. The molecule has 1 heterocycles. The molecule has 0 radical (unpaired) electrons. The molecule has 0 spiro atoms. The Labute approximate surface area is 405 Å². The lowest BCUT2D eigenvalue weighted by atomic mass is 9.87. The molecule has 12 aromatic rings. The highest BCUT2D eigenvalue weighted by Gasteiger charge is 2.26. The van der Waals surface area contributed by atoms with E-state index in [0.29, 0.717) is 23.0 Å². The van der Waals surface area contributed by atoms with E-state index in [4.69, 9.17) is 15.0 Å². The molecule has 0 bridgehead atoms. The Morgan fingerprint density at radius 3 is 1.44 bits per heavy atom. The van der Waals surface area contributed by atoms with Crippen molar-refractivity contribution in [2.24, 2.45) is 0 Å². The first kappa shape index (κ1) is 39.6. The van der Waals surface area contributed by atoms with E-state index in [1.807, 2.05) is 54.6 Å². The summed E-state index contributed by atoms with van der Waals surface area (Å²) in [4.78, 5) is 15.6. The van der Waals surface area contributed by atoms with Gasteiger partial charge in [-0.25, -0.2) is 15.0 Å². The Kier molecular flexibility index (Phi) is 8.92. The van der Waals surface area contributed by atoms with Crippen LogP contribution in [0.1, 0.15) is 5.56 Å². The molecule has 14 rings (SSSR count). The summed E-state index contributed by atoms with van der Waals surface area (Å²) in [5.41, 5.74) is 21.5. The summed E-state index contributed by atoms with van der Waals surface area (Å²) >= 11 is 0. The lowest BCUT2D eigenvalue weighted by Crippen LogP contribution is -2.01. The Bertz CT molecular complexity index is 4150. The molecule has 0 saturated carbocycles. The summed E-state index contributed by atoms with van der Waals surface area (Å²) in [5, 5.41) is 15.8. The number of hydrogen-bond acceptors (Lipinski definition) is 4. The average Bonchev–Trinajstić information content (AvgIpc) is 3.94. The van der Waals surface area contributed by atoms with Crippen LogP contribution in [-0.4, -0.2) is 15.0 Å². The van der Waals surface area contributed by atoms with Crippen LogP contribution in [0.15, 0.2) is 231 Å². The summed E-state index contributed by atoms with van der Waals surface area (Å²) in [7, 11) is 0. The van der Waals surface area contributed by atoms with E-state index in [-0.39, 0.29) is 0 Å². The molecule has 0 fully saturated rings. The fraction of sp³-hybridized carbons (Fsp3) is 0. The molecule has 0 unspecified atom stereocenters. The zero-order valence-corrected chi connectivity index (χ0v) is 37.7. The van der Waals surface area contributed by atoms with Gasteiger partial charge in [0.2, 0.25) is 0 Å². The minimum atomic E-state index is 0.553. The van der Waals surface area contributed by atoms with Crippen molar-refractivity contribution in [2.75, 3.05) is 0 Å². The van der Waals surface area contributed by atoms with Crippen molar-refractivity contribution < 1.29 is 0 Å². The zero-order chi connectivity index (χ0) is 46.3. The molecule has 0 N–H and O–H groups in total. The second-order valence-corrected chi connectivity index (χ2v) is 18.1. The van der Waals surface area contributed by atoms with Crippen molar-refractivity contribution in [3.05, 3.63) is 236 Å². The topological polar surface area (TPSA) is 62.5 Å². The van der Waals surface area contributed by atoms with Crippen LogP contribution < -0.4 is 0 Å². The molecular weight excluding hydrogens is 849 g/mol. The van der Waals surface area contributed by atoms with Gasteiger partial charge >= 0.3 is 0 Å². The van der Waals surface area contributed by atoms with Gasteiger partial charge in [-0.3, -0.25) is 0 Å². The number of aromatic nitrogens is 3. The first-order valence-corrected chi connectivity index (χ1v) is 23.7. The number of rotatable bonds is 7. The molecule has 0 amide bonds. The molecule has 1 aromatic heterocycles. The molecule has 0 atom stereocenters. The largest absolute Gasteiger partial charge is 0.208 e. The van der Waals surface area contributed by atoms with Crippen LogP contribution in [0.2, 0.25) is 0 Å². The summed E-state index contributed by atoms with van der Waals surface area (Å²) < 4.78 is 0. The lowest BCUT2D eigenvalue weighted by Gasteiger charge is -2.17. The second-order valence-electron chi connectivity index (χ2n) is 18.1. The van der Waals surface area contributed by atoms with Gasteiger partial charge in [-0.2, -0.15) is 5.26 Å². The van der Waals surface area contributed by atoms with Crippen LogP contribution in [0.25, 0.3) is 145 Å². The number of nitriles is 1. The molecule has 4 heteroatoms. The number of fused-ring (bicyclic) bond motifs is 6. The predicted molar refractivity (Wildman–Crippen MR) is 286 cm³/mol. The smallest absolute Gasteiger partial charge is 0.164 e. The minimum Gasteiger partial charge on any atom is -0.208 e.